The molecule has 0 spiro atoms. The van der Waals surface area contributed by atoms with Gasteiger partial charge in [0.1, 0.15) is 5.82 Å². The maximum atomic E-state index is 10.7. The van der Waals surface area contributed by atoms with E-state index in [1.54, 1.807) is 12.1 Å². The molecule has 1 amide bonds. The van der Waals surface area contributed by atoms with Crippen LogP contribution in [0, 0.1) is 0 Å². The summed E-state index contributed by atoms with van der Waals surface area (Å²) in [6.07, 6.45) is 0. The second-order valence-corrected chi connectivity index (χ2v) is 3.32. The van der Waals surface area contributed by atoms with E-state index in [4.69, 9.17) is 5.11 Å². The predicted molar refractivity (Wildman–Crippen MR) is 52.2 cm³/mol. The molecular formula is C8H9BrN2O2. The maximum Gasteiger partial charge on any atom is 0.222 e. The Labute approximate surface area is 84.1 Å². The Kier molecular flexibility index (Phi) is 3.39. The van der Waals surface area contributed by atoms with Gasteiger partial charge in [0.2, 0.25) is 5.91 Å². The first-order chi connectivity index (χ1) is 6.13. The van der Waals surface area contributed by atoms with E-state index in [1.165, 1.54) is 6.92 Å². The molecule has 0 unspecified atom stereocenters. The average Bonchev–Trinajstić information content (AvgIpc) is 2.07. The molecule has 1 aromatic rings. The van der Waals surface area contributed by atoms with Crippen molar-refractivity contribution in [2.24, 2.45) is 0 Å². The molecule has 5 heteroatoms. The summed E-state index contributed by atoms with van der Waals surface area (Å²) >= 11 is 3.22. The second-order valence-electron chi connectivity index (χ2n) is 2.46. The van der Waals surface area contributed by atoms with Gasteiger partial charge in [-0.3, -0.25) is 4.79 Å². The van der Waals surface area contributed by atoms with Crippen molar-refractivity contribution in [3.63, 3.8) is 0 Å². The number of anilines is 1. The summed E-state index contributed by atoms with van der Waals surface area (Å²) in [6, 6.07) is 3.38. The topological polar surface area (TPSA) is 62.2 Å². The van der Waals surface area contributed by atoms with Crippen LogP contribution in [0.5, 0.6) is 0 Å². The van der Waals surface area contributed by atoms with Crippen LogP contribution in [-0.4, -0.2) is 16.0 Å². The van der Waals surface area contributed by atoms with E-state index in [9.17, 15) is 4.79 Å². The number of carbonyl (C=O) groups excluding carboxylic acids is 1. The first-order valence-electron chi connectivity index (χ1n) is 3.67. The quantitative estimate of drug-likeness (QED) is 0.825. The van der Waals surface area contributed by atoms with E-state index in [2.05, 4.69) is 26.2 Å². The number of aliphatic hydroxyl groups is 1. The minimum atomic E-state index is -0.182. The van der Waals surface area contributed by atoms with E-state index in [0.29, 0.717) is 11.5 Å². The van der Waals surface area contributed by atoms with Gasteiger partial charge in [-0.25, -0.2) is 4.98 Å². The lowest BCUT2D eigenvalue weighted by atomic mass is 10.3. The number of aliphatic hydroxyl groups excluding tert-OH is 1. The zero-order valence-electron chi connectivity index (χ0n) is 7.04. The van der Waals surface area contributed by atoms with Gasteiger partial charge in [0.25, 0.3) is 0 Å². The lowest BCUT2D eigenvalue weighted by molar-refractivity contribution is -0.114. The van der Waals surface area contributed by atoms with Gasteiger partial charge in [0.15, 0.2) is 0 Å². The van der Waals surface area contributed by atoms with Gasteiger partial charge in [-0.05, 0) is 28.1 Å². The molecule has 4 nitrogen and oxygen atoms in total. The second kappa shape index (κ2) is 4.34. The Balaban J connectivity index is 2.92. The third-order valence-corrected chi connectivity index (χ3v) is 2.09. The van der Waals surface area contributed by atoms with Gasteiger partial charge in [0, 0.05) is 11.4 Å². The number of carbonyl (C=O) groups is 1. The van der Waals surface area contributed by atoms with Gasteiger partial charge in [-0.15, -0.1) is 0 Å². The van der Waals surface area contributed by atoms with Gasteiger partial charge in [0.05, 0.1) is 12.3 Å². The Morgan fingerprint density at radius 1 is 1.69 bits per heavy atom. The number of pyridine rings is 1. The Hall–Kier alpha value is -0.940. The molecule has 2 N–H and O–H groups in total. The molecule has 0 aromatic carbocycles. The van der Waals surface area contributed by atoms with Crippen LogP contribution >= 0.6 is 15.9 Å². The molecular weight excluding hydrogens is 236 g/mol. The standard InChI is InChI=1S/C8H9BrN2O2/c1-5(13)10-8-3-2-6(9)7(4-12)11-8/h2-3,12H,4H2,1H3,(H,10,11,13). The summed E-state index contributed by atoms with van der Waals surface area (Å²) in [5.41, 5.74) is 0.506. The Bertz CT molecular complexity index is 328. The summed E-state index contributed by atoms with van der Waals surface area (Å²) in [6.45, 7) is 1.25. The highest BCUT2D eigenvalue weighted by molar-refractivity contribution is 9.10. The SMILES string of the molecule is CC(=O)Nc1ccc(Br)c(CO)n1. The molecule has 0 radical (unpaired) electrons. The van der Waals surface area contributed by atoms with Crippen LogP contribution < -0.4 is 5.32 Å². The van der Waals surface area contributed by atoms with E-state index < -0.39 is 0 Å². The van der Waals surface area contributed by atoms with Crippen LogP contribution in [0.3, 0.4) is 0 Å². The lowest BCUT2D eigenvalue weighted by Gasteiger charge is -2.04. The van der Waals surface area contributed by atoms with Crippen LogP contribution in [0.4, 0.5) is 5.82 Å². The first kappa shape index (κ1) is 10.1. The van der Waals surface area contributed by atoms with Crippen LogP contribution in [0.2, 0.25) is 0 Å². The molecule has 1 aromatic heterocycles. The predicted octanol–water partition coefficient (Wildman–Crippen LogP) is 1.29. The highest BCUT2D eigenvalue weighted by Gasteiger charge is 2.02. The monoisotopic (exact) mass is 244 g/mol. The molecule has 0 fully saturated rings. The number of amides is 1. The summed E-state index contributed by atoms with van der Waals surface area (Å²) in [4.78, 5) is 14.7. The number of nitrogens with one attached hydrogen (secondary N) is 1. The molecule has 0 bridgehead atoms. The number of halogens is 1. The molecule has 70 valence electrons. The van der Waals surface area contributed by atoms with E-state index >= 15 is 0 Å². The van der Waals surface area contributed by atoms with Crippen LogP contribution in [0.1, 0.15) is 12.6 Å². The summed E-state index contributed by atoms with van der Waals surface area (Å²) in [5, 5.41) is 11.4. The van der Waals surface area contributed by atoms with E-state index in [0.717, 1.165) is 4.47 Å². The van der Waals surface area contributed by atoms with E-state index in [-0.39, 0.29) is 12.5 Å². The molecule has 13 heavy (non-hydrogen) atoms. The van der Waals surface area contributed by atoms with Crippen molar-refractivity contribution in [3.05, 3.63) is 22.3 Å². The fourth-order valence-corrected chi connectivity index (χ4v) is 1.19. The third kappa shape index (κ3) is 2.78. The fourth-order valence-electron chi connectivity index (χ4n) is 0.845. The molecule has 0 saturated carbocycles. The maximum absolute atomic E-state index is 10.7. The summed E-state index contributed by atoms with van der Waals surface area (Å²) < 4.78 is 0.726. The lowest BCUT2D eigenvalue weighted by Crippen LogP contribution is -2.08. The average molecular weight is 245 g/mol. The highest BCUT2D eigenvalue weighted by Crippen LogP contribution is 2.17. The Morgan fingerprint density at radius 2 is 2.38 bits per heavy atom. The fraction of sp³-hybridized carbons (Fsp3) is 0.250. The number of aromatic nitrogens is 1. The van der Waals surface area contributed by atoms with Crippen molar-refractivity contribution in [2.45, 2.75) is 13.5 Å². The molecule has 0 aliphatic rings. The van der Waals surface area contributed by atoms with Crippen LogP contribution in [-0.2, 0) is 11.4 Å². The van der Waals surface area contributed by atoms with Crippen LogP contribution in [0.15, 0.2) is 16.6 Å². The van der Waals surface area contributed by atoms with Gasteiger partial charge >= 0.3 is 0 Å². The molecule has 0 aliphatic heterocycles. The zero-order chi connectivity index (χ0) is 9.84. The van der Waals surface area contributed by atoms with Crippen molar-refractivity contribution < 1.29 is 9.90 Å². The van der Waals surface area contributed by atoms with Gasteiger partial charge in [-0.1, -0.05) is 0 Å². The number of nitrogens with zero attached hydrogens (tertiary/aromatic N) is 1. The number of rotatable bonds is 2. The summed E-state index contributed by atoms with van der Waals surface area (Å²) in [5.74, 6) is 0.262. The molecule has 0 atom stereocenters. The summed E-state index contributed by atoms with van der Waals surface area (Å²) in [7, 11) is 0. The van der Waals surface area contributed by atoms with Gasteiger partial charge < -0.3 is 10.4 Å². The zero-order valence-corrected chi connectivity index (χ0v) is 8.63. The molecule has 1 rings (SSSR count). The third-order valence-electron chi connectivity index (χ3n) is 1.37. The largest absolute Gasteiger partial charge is 0.390 e. The van der Waals surface area contributed by atoms with Gasteiger partial charge in [-0.2, -0.15) is 0 Å². The number of hydrogen-bond acceptors (Lipinski definition) is 3. The minimum Gasteiger partial charge on any atom is -0.390 e. The van der Waals surface area contributed by atoms with Crippen molar-refractivity contribution >= 4 is 27.7 Å². The normalized spacial score (nSPS) is 9.77. The highest BCUT2D eigenvalue weighted by atomic mass is 79.9. The van der Waals surface area contributed by atoms with Crippen molar-refractivity contribution in [1.29, 1.82) is 0 Å². The van der Waals surface area contributed by atoms with Crippen molar-refractivity contribution in [1.82, 2.24) is 4.98 Å². The van der Waals surface area contributed by atoms with Crippen molar-refractivity contribution in [3.8, 4) is 0 Å². The molecule has 0 saturated heterocycles. The first-order valence-corrected chi connectivity index (χ1v) is 4.46. The van der Waals surface area contributed by atoms with E-state index in [1.807, 2.05) is 0 Å². The van der Waals surface area contributed by atoms with Crippen molar-refractivity contribution in [2.75, 3.05) is 5.32 Å². The smallest absolute Gasteiger partial charge is 0.222 e. The Morgan fingerprint density at radius 3 is 2.92 bits per heavy atom. The molecule has 0 aliphatic carbocycles. The number of hydrogen-bond donors (Lipinski definition) is 2. The minimum absolute atomic E-state index is 0.159. The van der Waals surface area contributed by atoms with Crippen LogP contribution in [0.25, 0.3) is 0 Å². The molecule has 1 heterocycles.